The number of benzene rings is 3. The molecule has 2 amide bonds. The van der Waals surface area contributed by atoms with Crippen LogP contribution in [0.3, 0.4) is 0 Å². The molecule has 0 saturated heterocycles. The first-order chi connectivity index (χ1) is 18.9. The third-order valence-corrected chi connectivity index (χ3v) is 8.59. The highest BCUT2D eigenvalue weighted by atomic mass is 35.5. The maximum atomic E-state index is 14.1. The molecule has 0 fully saturated rings. The van der Waals surface area contributed by atoms with Crippen LogP contribution in [0.1, 0.15) is 43.9 Å². The van der Waals surface area contributed by atoms with E-state index in [9.17, 15) is 18.0 Å². The minimum absolute atomic E-state index is 0.0592. The van der Waals surface area contributed by atoms with Gasteiger partial charge >= 0.3 is 0 Å². The second-order valence-corrected chi connectivity index (χ2v) is 12.6. The van der Waals surface area contributed by atoms with Gasteiger partial charge in [0.1, 0.15) is 12.6 Å². The van der Waals surface area contributed by atoms with Gasteiger partial charge in [-0.2, -0.15) is 0 Å². The summed E-state index contributed by atoms with van der Waals surface area (Å²) in [7, 11) is -4.13. The largest absolute Gasteiger partial charge is 0.354 e. The Morgan fingerprint density at radius 2 is 1.60 bits per heavy atom. The predicted molar refractivity (Wildman–Crippen MR) is 161 cm³/mol. The molecule has 3 aromatic rings. The van der Waals surface area contributed by atoms with Crippen LogP contribution in [0.5, 0.6) is 0 Å². The van der Waals surface area contributed by atoms with E-state index >= 15 is 0 Å². The van der Waals surface area contributed by atoms with Crippen molar-refractivity contribution in [1.82, 2.24) is 10.2 Å². The van der Waals surface area contributed by atoms with E-state index in [1.807, 2.05) is 52.0 Å². The van der Waals surface area contributed by atoms with Gasteiger partial charge in [0.15, 0.2) is 0 Å². The summed E-state index contributed by atoms with van der Waals surface area (Å²) in [5.74, 6) is -0.514. The van der Waals surface area contributed by atoms with Crippen molar-refractivity contribution < 1.29 is 18.0 Å². The molecule has 0 aromatic heterocycles. The molecule has 1 N–H and O–H groups in total. The summed E-state index contributed by atoms with van der Waals surface area (Å²) in [6.45, 7) is 9.70. The normalized spacial score (nSPS) is 12.2. The first kappa shape index (κ1) is 31.2. The molecule has 3 rings (SSSR count). The lowest BCUT2D eigenvalue weighted by atomic mass is 10.1. The quantitative estimate of drug-likeness (QED) is 0.295. The Labute approximate surface area is 243 Å². The standard InChI is InChI=1S/C31H38ClN3O4S/c1-6-28(31(37)33-19-22(2)3)34(20-25-14-12-23(4)13-15-25)30(36)21-35(29-17-16-26(32)18-24(29)5)40(38,39)27-10-8-7-9-11-27/h7-18,22,28H,6,19-21H2,1-5H3,(H,33,37)/t28-/m1/s1. The topological polar surface area (TPSA) is 86.8 Å². The molecule has 0 aliphatic heterocycles. The number of carbonyl (C=O) groups excluding carboxylic acids is 2. The summed E-state index contributed by atoms with van der Waals surface area (Å²) in [5, 5.41) is 3.40. The number of sulfonamides is 1. The lowest BCUT2D eigenvalue weighted by Crippen LogP contribution is -2.52. The van der Waals surface area contributed by atoms with Crippen LogP contribution in [0, 0.1) is 19.8 Å². The Bertz CT molecular complexity index is 1410. The predicted octanol–water partition coefficient (Wildman–Crippen LogP) is 5.73. The molecule has 40 heavy (non-hydrogen) atoms. The number of amides is 2. The van der Waals surface area contributed by atoms with E-state index in [2.05, 4.69) is 5.32 Å². The fraction of sp³-hybridized carbons (Fsp3) is 0.355. The van der Waals surface area contributed by atoms with Crippen LogP contribution < -0.4 is 9.62 Å². The summed E-state index contributed by atoms with van der Waals surface area (Å²) < 4.78 is 28.9. The second kappa shape index (κ2) is 13.8. The van der Waals surface area contributed by atoms with E-state index in [-0.39, 0.29) is 23.3 Å². The average Bonchev–Trinajstić information content (AvgIpc) is 2.92. The molecule has 0 aliphatic carbocycles. The first-order valence-corrected chi connectivity index (χ1v) is 15.2. The van der Waals surface area contributed by atoms with E-state index in [0.717, 1.165) is 15.4 Å². The Hall–Kier alpha value is -3.36. The molecule has 9 heteroatoms. The van der Waals surface area contributed by atoms with Gasteiger partial charge in [0, 0.05) is 18.1 Å². The second-order valence-electron chi connectivity index (χ2n) is 10.3. The molecule has 0 unspecified atom stereocenters. The number of halogens is 1. The van der Waals surface area contributed by atoms with Gasteiger partial charge in [-0.15, -0.1) is 0 Å². The Morgan fingerprint density at radius 3 is 2.17 bits per heavy atom. The van der Waals surface area contributed by atoms with Crippen molar-refractivity contribution in [1.29, 1.82) is 0 Å². The minimum Gasteiger partial charge on any atom is -0.354 e. The highest BCUT2D eigenvalue weighted by molar-refractivity contribution is 7.92. The Balaban J connectivity index is 2.06. The molecule has 0 bridgehead atoms. The van der Waals surface area contributed by atoms with Gasteiger partial charge in [0.2, 0.25) is 11.8 Å². The molecule has 0 aliphatic rings. The van der Waals surface area contributed by atoms with Crippen LogP contribution in [0.2, 0.25) is 5.02 Å². The van der Waals surface area contributed by atoms with Crippen LogP contribution >= 0.6 is 11.6 Å². The Kier molecular flexibility index (Phi) is 10.8. The van der Waals surface area contributed by atoms with Gasteiger partial charge in [-0.1, -0.05) is 80.4 Å². The van der Waals surface area contributed by atoms with Gasteiger partial charge in [0.25, 0.3) is 10.0 Å². The van der Waals surface area contributed by atoms with E-state index < -0.39 is 28.5 Å². The van der Waals surface area contributed by atoms with Gasteiger partial charge in [-0.25, -0.2) is 8.42 Å². The van der Waals surface area contributed by atoms with Crippen LogP contribution in [0.15, 0.2) is 77.7 Å². The van der Waals surface area contributed by atoms with E-state index in [4.69, 9.17) is 11.6 Å². The van der Waals surface area contributed by atoms with Gasteiger partial charge in [0.05, 0.1) is 10.6 Å². The first-order valence-electron chi connectivity index (χ1n) is 13.4. The van der Waals surface area contributed by atoms with Crippen LogP contribution in [-0.2, 0) is 26.2 Å². The molecule has 0 saturated carbocycles. The highest BCUT2D eigenvalue weighted by Gasteiger charge is 2.34. The smallest absolute Gasteiger partial charge is 0.264 e. The number of rotatable bonds is 12. The number of nitrogens with one attached hydrogen (secondary N) is 1. The van der Waals surface area contributed by atoms with Crippen molar-refractivity contribution in [2.75, 3.05) is 17.4 Å². The van der Waals surface area contributed by atoms with E-state index in [1.165, 1.54) is 17.0 Å². The monoisotopic (exact) mass is 583 g/mol. The SMILES string of the molecule is CC[C@H](C(=O)NCC(C)C)N(Cc1ccc(C)cc1)C(=O)CN(c1ccc(Cl)cc1C)S(=O)(=O)c1ccccc1. The molecule has 1 atom stereocenters. The summed E-state index contributed by atoms with van der Waals surface area (Å²) in [6.07, 6.45) is 0.368. The van der Waals surface area contributed by atoms with Crippen LogP contribution in [0.25, 0.3) is 0 Å². The van der Waals surface area contributed by atoms with E-state index in [1.54, 1.807) is 43.3 Å². The summed E-state index contributed by atoms with van der Waals surface area (Å²) >= 11 is 6.17. The maximum Gasteiger partial charge on any atom is 0.264 e. The van der Waals surface area contributed by atoms with Gasteiger partial charge in [-0.05, 0) is 67.6 Å². The van der Waals surface area contributed by atoms with Crippen LogP contribution in [0.4, 0.5) is 5.69 Å². The number of aryl methyl sites for hydroxylation is 2. The van der Waals surface area contributed by atoms with Crippen molar-refractivity contribution in [3.8, 4) is 0 Å². The molecular formula is C31H38ClN3O4S. The molecule has 7 nitrogen and oxygen atoms in total. The molecule has 3 aromatic carbocycles. The average molecular weight is 584 g/mol. The number of nitrogens with zero attached hydrogens (tertiary/aromatic N) is 2. The van der Waals surface area contributed by atoms with Gasteiger partial charge < -0.3 is 10.2 Å². The molecule has 0 heterocycles. The third kappa shape index (κ3) is 7.86. The molecule has 0 spiro atoms. The zero-order valence-corrected chi connectivity index (χ0v) is 25.3. The lowest BCUT2D eigenvalue weighted by molar-refractivity contribution is -0.140. The van der Waals surface area contributed by atoms with Crippen molar-refractivity contribution in [2.24, 2.45) is 5.92 Å². The molecule has 0 radical (unpaired) electrons. The van der Waals surface area contributed by atoms with Crippen LogP contribution in [-0.4, -0.2) is 44.3 Å². The minimum atomic E-state index is -4.13. The van der Waals surface area contributed by atoms with E-state index in [0.29, 0.717) is 29.2 Å². The van der Waals surface area contributed by atoms with Crippen molar-refractivity contribution in [3.05, 3.63) is 94.5 Å². The molecule has 214 valence electrons. The lowest BCUT2D eigenvalue weighted by Gasteiger charge is -2.33. The van der Waals surface area contributed by atoms with Gasteiger partial charge in [-0.3, -0.25) is 13.9 Å². The van der Waals surface area contributed by atoms with Crippen molar-refractivity contribution >= 4 is 39.1 Å². The summed E-state index contributed by atoms with van der Waals surface area (Å²) in [6, 6.07) is 19.8. The summed E-state index contributed by atoms with van der Waals surface area (Å²) in [4.78, 5) is 28.9. The van der Waals surface area contributed by atoms with Crippen molar-refractivity contribution in [2.45, 2.75) is 58.5 Å². The Morgan fingerprint density at radius 1 is 0.950 bits per heavy atom. The maximum absolute atomic E-state index is 14.1. The number of anilines is 1. The fourth-order valence-corrected chi connectivity index (χ4v) is 6.09. The summed E-state index contributed by atoms with van der Waals surface area (Å²) in [5.41, 5.74) is 2.86. The third-order valence-electron chi connectivity index (χ3n) is 6.58. The number of hydrogen-bond acceptors (Lipinski definition) is 4. The highest BCUT2D eigenvalue weighted by Crippen LogP contribution is 2.29. The fourth-order valence-electron chi connectivity index (χ4n) is 4.36. The zero-order valence-electron chi connectivity index (χ0n) is 23.7. The number of carbonyl (C=O) groups is 2. The van der Waals surface area contributed by atoms with Crippen molar-refractivity contribution in [3.63, 3.8) is 0 Å². The molecular weight excluding hydrogens is 546 g/mol. The number of hydrogen-bond donors (Lipinski definition) is 1. The zero-order chi connectivity index (χ0) is 29.4.